The van der Waals surface area contributed by atoms with Crippen molar-refractivity contribution in [2.75, 3.05) is 4.90 Å². The van der Waals surface area contributed by atoms with Crippen LogP contribution in [0.2, 0.25) is 0 Å². The fraction of sp³-hybridized carbons (Fsp3) is 0.172. The first-order valence-corrected chi connectivity index (χ1v) is 22.3. The van der Waals surface area contributed by atoms with Crippen LogP contribution in [0.3, 0.4) is 0 Å². The second-order valence-corrected chi connectivity index (χ2v) is 18.4. The number of nitrogens with zero attached hydrogens (tertiary/aromatic N) is 3. The summed E-state index contributed by atoms with van der Waals surface area (Å²) in [6.07, 6.45) is 8.67. The molecule has 0 unspecified atom stereocenters. The van der Waals surface area contributed by atoms with E-state index in [2.05, 4.69) is 208 Å². The van der Waals surface area contributed by atoms with Gasteiger partial charge in [-0.15, -0.1) is 0 Å². The van der Waals surface area contributed by atoms with Crippen LogP contribution in [0, 0.1) is 17.8 Å². The number of hydrogen-bond donors (Lipinski definition) is 0. The van der Waals surface area contributed by atoms with Crippen molar-refractivity contribution in [1.29, 1.82) is 0 Å². The highest BCUT2D eigenvalue weighted by Gasteiger charge is 2.51. The fourth-order valence-electron chi connectivity index (χ4n) is 12.6. The molecule has 294 valence electrons. The molecule has 14 rings (SSSR count). The Hall–Kier alpha value is -6.84. The van der Waals surface area contributed by atoms with Crippen molar-refractivity contribution in [1.82, 2.24) is 9.13 Å². The predicted octanol–water partition coefficient (Wildman–Crippen LogP) is 15.5. The molecule has 4 saturated carbocycles. The normalized spacial score (nSPS) is 20.6. The van der Waals surface area contributed by atoms with Crippen LogP contribution in [0.25, 0.3) is 66.1 Å². The third kappa shape index (κ3) is 5.56. The first-order chi connectivity index (χ1) is 30.2. The van der Waals surface area contributed by atoms with Gasteiger partial charge < -0.3 is 14.0 Å². The van der Waals surface area contributed by atoms with E-state index in [0.717, 1.165) is 46.2 Å². The molecule has 61 heavy (non-hydrogen) atoms. The number of hydrogen-bond acceptors (Lipinski definition) is 1. The summed E-state index contributed by atoms with van der Waals surface area (Å²) in [5.74, 6) is 2.86. The van der Waals surface area contributed by atoms with Gasteiger partial charge >= 0.3 is 0 Å². The lowest BCUT2D eigenvalue weighted by Crippen LogP contribution is -2.48. The minimum atomic E-state index is 0.422. The van der Waals surface area contributed by atoms with Gasteiger partial charge in [0.2, 0.25) is 0 Å². The van der Waals surface area contributed by atoms with Crippen molar-refractivity contribution in [2.24, 2.45) is 17.8 Å². The SMILES string of the molecule is c1ccc2c(c1)c1ccccc1n2-c1ccc(N(c2ccc(-c3ccc(C45CC6CC(CC(C6)C4)C5)cc3)cc2)c2ccc(-n3c4ccccc4c4ccccc43)cc2)cc1. The van der Waals surface area contributed by atoms with Gasteiger partial charge in [0.1, 0.15) is 0 Å². The standard InChI is InChI=1S/C58H47N3/c1-5-13-54-50(9-1)51-10-2-6-14-55(51)60(54)48-29-25-46(26-30-48)59(47-27-31-49(32-28-47)61-56-15-7-3-11-52(56)53-12-4-8-16-57(53)61)45-23-19-43(20-24-45)42-17-21-44(22-18-42)58-36-39-33-40(37-58)35-41(34-39)38-58/h1-32,39-41H,33-38H2. The molecule has 0 aliphatic heterocycles. The molecule has 2 heterocycles. The Bertz CT molecular complexity index is 2960. The van der Waals surface area contributed by atoms with Crippen LogP contribution in [0.5, 0.6) is 0 Å². The largest absolute Gasteiger partial charge is 0.311 e. The van der Waals surface area contributed by atoms with E-state index < -0.39 is 0 Å². The molecule has 4 bridgehead atoms. The highest BCUT2D eigenvalue weighted by molar-refractivity contribution is 6.10. The number of para-hydroxylation sites is 4. The summed E-state index contributed by atoms with van der Waals surface area (Å²) < 4.78 is 4.78. The summed E-state index contributed by atoms with van der Waals surface area (Å²) in [6, 6.07) is 72.0. The summed E-state index contributed by atoms with van der Waals surface area (Å²) in [7, 11) is 0. The molecule has 0 N–H and O–H groups in total. The molecule has 10 aromatic rings. The Balaban J connectivity index is 0.878. The molecule has 4 aliphatic rings. The van der Waals surface area contributed by atoms with Gasteiger partial charge in [-0.3, -0.25) is 0 Å². The highest BCUT2D eigenvalue weighted by Crippen LogP contribution is 2.60. The number of fused-ring (bicyclic) bond motifs is 6. The summed E-state index contributed by atoms with van der Waals surface area (Å²) >= 11 is 0. The van der Waals surface area contributed by atoms with Gasteiger partial charge in [-0.05, 0) is 163 Å². The third-order valence-electron chi connectivity index (χ3n) is 14.9. The van der Waals surface area contributed by atoms with Gasteiger partial charge in [0.25, 0.3) is 0 Å². The summed E-state index contributed by atoms with van der Waals surface area (Å²) in [6.45, 7) is 0. The smallest absolute Gasteiger partial charge is 0.0541 e. The monoisotopic (exact) mass is 785 g/mol. The average molecular weight is 786 g/mol. The maximum absolute atomic E-state index is 2.47. The Kier molecular flexibility index (Phi) is 7.79. The van der Waals surface area contributed by atoms with Crippen LogP contribution in [-0.4, -0.2) is 9.13 Å². The van der Waals surface area contributed by atoms with Crippen LogP contribution in [0.4, 0.5) is 17.1 Å². The molecule has 3 nitrogen and oxygen atoms in total. The van der Waals surface area contributed by atoms with Crippen molar-refractivity contribution < 1.29 is 0 Å². The van der Waals surface area contributed by atoms with Gasteiger partial charge in [-0.1, -0.05) is 109 Å². The van der Waals surface area contributed by atoms with E-state index in [1.165, 1.54) is 93.3 Å². The Labute approximate surface area is 357 Å². The van der Waals surface area contributed by atoms with Crippen molar-refractivity contribution >= 4 is 60.7 Å². The molecule has 8 aromatic carbocycles. The zero-order valence-corrected chi connectivity index (χ0v) is 34.3. The molecule has 0 spiro atoms. The summed E-state index contributed by atoms with van der Waals surface area (Å²) in [5, 5.41) is 5.09. The predicted molar refractivity (Wildman–Crippen MR) is 255 cm³/mol. The lowest BCUT2D eigenvalue weighted by Gasteiger charge is -2.57. The Morgan fingerprint density at radius 3 is 1.02 bits per heavy atom. The maximum atomic E-state index is 2.47. The van der Waals surface area contributed by atoms with Crippen LogP contribution in [0.15, 0.2) is 194 Å². The average Bonchev–Trinajstić information content (AvgIpc) is 3.83. The molecule has 2 aromatic heterocycles. The molecule has 4 fully saturated rings. The lowest BCUT2D eigenvalue weighted by molar-refractivity contribution is -0.00518. The Morgan fingerprint density at radius 2 is 0.656 bits per heavy atom. The zero-order valence-electron chi connectivity index (χ0n) is 34.3. The second kappa shape index (κ2) is 13.6. The first-order valence-electron chi connectivity index (χ1n) is 22.3. The van der Waals surface area contributed by atoms with Gasteiger partial charge in [0, 0.05) is 50.0 Å². The molecule has 4 aliphatic carbocycles. The van der Waals surface area contributed by atoms with E-state index in [1.807, 2.05) is 0 Å². The van der Waals surface area contributed by atoms with E-state index in [1.54, 1.807) is 5.56 Å². The van der Waals surface area contributed by atoms with Crippen molar-refractivity contribution in [2.45, 2.75) is 43.9 Å². The van der Waals surface area contributed by atoms with Gasteiger partial charge in [-0.25, -0.2) is 0 Å². The van der Waals surface area contributed by atoms with Gasteiger partial charge in [0.05, 0.1) is 22.1 Å². The van der Waals surface area contributed by atoms with Crippen LogP contribution >= 0.6 is 0 Å². The summed E-state index contributed by atoms with van der Waals surface area (Å²) in [5.41, 5.74) is 15.1. The van der Waals surface area contributed by atoms with E-state index >= 15 is 0 Å². The van der Waals surface area contributed by atoms with E-state index in [-0.39, 0.29) is 0 Å². The maximum Gasteiger partial charge on any atom is 0.0541 e. The first kappa shape index (κ1) is 35.0. The highest BCUT2D eigenvalue weighted by atomic mass is 15.1. The molecule has 0 saturated heterocycles. The zero-order chi connectivity index (χ0) is 40.1. The van der Waals surface area contributed by atoms with Crippen molar-refractivity contribution in [3.8, 4) is 22.5 Å². The van der Waals surface area contributed by atoms with Crippen molar-refractivity contribution in [3.05, 3.63) is 200 Å². The van der Waals surface area contributed by atoms with E-state index in [4.69, 9.17) is 0 Å². The third-order valence-corrected chi connectivity index (χ3v) is 14.9. The van der Waals surface area contributed by atoms with Crippen LogP contribution < -0.4 is 4.90 Å². The van der Waals surface area contributed by atoms with Gasteiger partial charge in [0.15, 0.2) is 0 Å². The Morgan fingerprint density at radius 1 is 0.344 bits per heavy atom. The quantitative estimate of drug-likeness (QED) is 0.157. The molecule has 0 amide bonds. The van der Waals surface area contributed by atoms with Crippen molar-refractivity contribution in [3.63, 3.8) is 0 Å². The molecular formula is C58H47N3. The molecule has 3 heteroatoms. The molecular weight excluding hydrogens is 739 g/mol. The minimum absolute atomic E-state index is 0.422. The number of rotatable bonds is 7. The topological polar surface area (TPSA) is 13.1 Å². The van der Waals surface area contributed by atoms with Crippen LogP contribution in [0.1, 0.15) is 44.1 Å². The number of anilines is 3. The lowest BCUT2D eigenvalue weighted by atomic mass is 9.48. The van der Waals surface area contributed by atoms with E-state index in [0.29, 0.717) is 5.41 Å². The molecule has 0 atom stereocenters. The minimum Gasteiger partial charge on any atom is -0.311 e. The van der Waals surface area contributed by atoms with Gasteiger partial charge in [-0.2, -0.15) is 0 Å². The molecule has 0 radical (unpaired) electrons. The second-order valence-electron chi connectivity index (χ2n) is 18.4. The number of benzene rings is 8. The number of aromatic nitrogens is 2. The van der Waals surface area contributed by atoms with E-state index in [9.17, 15) is 0 Å². The fourth-order valence-corrected chi connectivity index (χ4v) is 12.6. The summed E-state index contributed by atoms with van der Waals surface area (Å²) in [4.78, 5) is 2.39. The van der Waals surface area contributed by atoms with Crippen LogP contribution in [-0.2, 0) is 5.41 Å².